The van der Waals surface area contributed by atoms with Gasteiger partial charge in [0, 0.05) is 45.1 Å². The summed E-state index contributed by atoms with van der Waals surface area (Å²) in [5.74, 6) is 0. The van der Waals surface area contributed by atoms with Gasteiger partial charge in [0.1, 0.15) is 0 Å². The Morgan fingerprint density at radius 3 is 1.96 bits per heavy atom. The number of rotatable bonds is 3. The van der Waals surface area contributed by atoms with Gasteiger partial charge in [-0.1, -0.05) is 135 Å². The summed E-state index contributed by atoms with van der Waals surface area (Å²) in [4.78, 5) is 14.8. The van der Waals surface area contributed by atoms with E-state index in [-0.39, 0.29) is 5.41 Å². The van der Waals surface area contributed by atoms with E-state index in [1.54, 1.807) is 0 Å². The number of aromatic nitrogens is 3. The van der Waals surface area contributed by atoms with Crippen LogP contribution in [-0.2, 0) is 5.41 Å². The van der Waals surface area contributed by atoms with E-state index in [9.17, 15) is 0 Å². The van der Waals surface area contributed by atoms with Gasteiger partial charge in [0.05, 0.1) is 22.2 Å². The number of pyridine rings is 3. The van der Waals surface area contributed by atoms with Crippen molar-refractivity contribution in [3.63, 3.8) is 0 Å². The first-order chi connectivity index (χ1) is 24.1. The van der Waals surface area contributed by atoms with Crippen molar-refractivity contribution in [3.8, 4) is 44.6 Å². The number of fused-ring (bicyclic) bond motifs is 8. The molecule has 10 rings (SSSR count). The highest BCUT2D eigenvalue weighted by Crippen LogP contribution is 2.53. The molecule has 0 radical (unpaired) electrons. The summed E-state index contributed by atoms with van der Waals surface area (Å²) < 4.78 is 0. The van der Waals surface area contributed by atoms with E-state index in [1.165, 1.54) is 60.7 Å². The molecule has 0 spiro atoms. The number of hydrogen-bond acceptors (Lipinski definition) is 3. The topological polar surface area (TPSA) is 38.7 Å². The van der Waals surface area contributed by atoms with E-state index in [2.05, 4.69) is 152 Å². The van der Waals surface area contributed by atoms with Crippen LogP contribution in [0.2, 0.25) is 0 Å². The highest BCUT2D eigenvalue weighted by atomic mass is 14.7. The van der Waals surface area contributed by atoms with Crippen LogP contribution in [0, 0.1) is 0 Å². The van der Waals surface area contributed by atoms with E-state index < -0.39 is 0 Å². The lowest BCUT2D eigenvalue weighted by Gasteiger charge is -2.25. The number of benzene rings is 6. The zero-order valence-corrected chi connectivity index (χ0v) is 27.3. The van der Waals surface area contributed by atoms with E-state index in [0.29, 0.717) is 0 Å². The second-order valence-electron chi connectivity index (χ2n) is 13.6. The molecule has 0 unspecified atom stereocenters. The van der Waals surface area contributed by atoms with Gasteiger partial charge in [-0.25, -0.2) is 4.98 Å². The third-order valence-corrected chi connectivity index (χ3v) is 10.5. The molecule has 3 heteroatoms. The van der Waals surface area contributed by atoms with Crippen molar-refractivity contribution in [2.24, 2.45) is 0 Å². The molecule has 3 aromatic heterocycles. The lowest BCUT2D eigenvalue weighted by atomic mass is 9.78. The van der Waals surface area contributed by atoms with Crippen LogP contribution in [0.25, 0.3) is 88.1 Å². The van der Waals surface area contributed by atoms with Crippen LogP contribution in [0.4, 0.5) is 0 Å². The van der Waals surface area contributed by atoms with E-state index in [4.69, 9.17) is 9.97 Å². The van der Waals surface area contributed by atoms with E-state index in [1.807, 2.05) is 18.5 Å². The van der Waals surface area contributed by atoms with Crippen molar-refractivity contribution < 1.29 is 0 Å². The Balaban J connectivity index is 1.10. The molecule has 3 nitrogen and oxygen atoms in total. The second kappa shape index (κ2) is 10.4. The summed E-state index contributed by atoms with van der Waals surface area (Å²) in [6.07, 6.45) is 3.83. The van der Waals surface area contributed by atoms with Crippen molar-refractivity contribution >= 4 is 43.5 Å². The van der Waals surface area contributed by atoms with Crippen LogP contribution in [-0.4, -0.2) is 15.0 Å². The lowest BCUT2D eigenvalue weighted by Crippen LogP contribution is -2.16. The van der Waals surface area contributed by atoms with Crippen molar-refractivity contribution in [2.75, 3.05) is 0 Å². The molecule has 9 aromatic rings. The third-order valence-electron chi connectivity index (χ3n) is 10.5. The molecule has 1 aliphatic carbocycles. The molecule has 0 saturated carbocycles. The second-order valence-corrected chi connectivity index (χ2v) is 13.6. The quantitative estimate of drug-likeness (QED) is 0.183. The summed E-state index contributed by atoms with van der Waals surface area (Å²) in [6.45, 7) is 4.67. The predicted octanol–water partition coefficient (Wildman–Crippen LogP) is 11.8. The smallest absolute Gasteiger partial charge is 0.0964 e. The highest BCUT2D eigenvalue weighted by molar-refractivity contribution is 6.08. The summed E-state index contributed by atoms with van der Waals surface area (Å²) in [7, 11) is 0. The van der Waals surface area contributed by atoms with Gasteiger partial charge in [-0.3, -0.25) is 9.97 Å². The summed E-state index contributed by atoms with van der Waals surface area (Å²) in [5.41, 5.74) is 14.9. The highest BCUT2D eigenvalue weighted by Gasteiger charge is 2.39. The third kappa shape index (κ3) is 4.12. The Morgan fingerprint density at radius 2 is 1.14 bits per heavy atom. The van der Waals surface area contributed by atoms with E-state index >= 15 is 0 Å². The maximum Gasteiger partial charge on any atom is 0.0964 e. The zero-order chi connectivity index (χ0) is 32.7. The molecule has 49 heavy (non-hydrogen) atoms. The van der Waals surface area contributed by atoms with Gasteiger partial charge in [0.2, 0.25) is 0 Å². The fourth-order valence-corrected chi connectivity index (χ4v) is 8.19. The molecule has 6 aromatic carbocycles. The number of nitrogens with zero attached hydrogens (tertiary/aromatic N) is 3. The summed E-state index contributed by atoms with van der Waals surface area (Å²) in [6, 6.07) is 50.3. The van der Waals surface area contributed by atoms with Crippen LogP contribution >= 0.6 is 0 Å². The maximum atomic E-state index is 5.23. The predicted molar refractivity (Wildman–Crippen MR) is 204 cm³/mol. The standard InChI is InChI=1S/C46H31N3/c1-46(2)39-15-7-5-13-37(39)45-42(46)41(38-14-6-8-16-40(38)49-45)29-19-17-28(18-20-29)33-23-24-34(36-12-4-3-11-35(33)36)32-26-31-22-21-30-10-9-25-47-43(30)44(31)48-27-32/h3-27H,1-2H3. The normalized spacial score (nSPS) is 13.3. The molecule has 0 amide bonds. The van der Waals surface area contributed by atoms with Gasteiger partial charge in [-0.05, 0) is 67.9 Å². The average molecular weight is 626 g/mol. The molecule has 0 N–H and O–H groups in total. The lowest BCUT2D eigenvalue weighted by molar-refractivity contribution is 0.662. The van der Waals surface area contributed by atoms with Gasteiger partial charge in [-0.15, -0.1) is 0 Å². The molecular formula is C46H31N3. The largest absolute Gasteiger partial charge is 0.254 e. The molecule has 1 aliphatic rings. The molecule has 0 atom stereocenters. The molecule has 0 bridgehead atoms. The molecule has 3 heterocycles. The fourth-order valence-electron chi connectivity index (χ4n) is 8.19. The zero-order valence-electron chi connectivity index (χ0n) is 27.3. The van der Waals surface area contributed by atoms with Crippen molar-refractivity contribution in [1.29, 1.82) is 0 Å². The minimum atomic E-state index is -0.162. The van der Waals surface area contributed by atoms with Gasteiger partial charge in [-0.2, -0.15) is 0 Å². The Morgan fingerprint density at radius 1 is 0.490 bits per heavy atom. The molecule has 0 aliphatic heterocycles. The van der Waals surface area contributed by atoms with Crippen molar-refractivity contribution in [3.05, 3.63) is 163 Å². The Kier molecular flexibility index (Phi) is 5.92. The number of hydrogen-bond donors (Lipinski definition) is 0. The molecular weight excluding hydrogens is 595 g/mol. The monoisotopic (exact) mass is 625 g/mol. The minimum absolute atomic E-state index is 0.162. The summed E-state index contributed by atoms with van der Waals surface area (Å²) in [5, 5.41) is 5.82. The van der Waals surface area contributed by atoms with Crippen molar-refractivity contribution in [2.45, 2.75) is 19.3 Å². The van der Waals surface area contributed by atoms with Crippen LogP contribution in [0.3, 0.4) is 0 Å². The van der Waals surface area contributed by atoms with Crippen molar-refractivity contribution in [1.82, 2.24) is 15.0 Å². The maximum absolute atomic E-state index is 5.23. The number of para-hydroxylation sites is 1. The Hall–Kier alpha value is -6.19. The molecule has 230 valence electrons. The molecule has 0 saturated heterocycles. The van der Waals surface area contributed by atoms with E-state index in [0.717, 1.165) is 38.6 Å². The van der Waals surface area contributed by atoms with Gasteiger partial charge in [0.25, 0.3) is 0 Å². The molecule has 0 fully saturated rings. The van der Waals surface area contributed by atoms with Crippen LogP contribution in [0.15, 0.2) is 152 Å². The van der Waals surface area contributed by atoms with Gasteiger partial charge < -0.3 is 0 Å². The van der Waals surface area contributed by atoms with Crippen LogP contribution in [0.1, 0.15) is 25.0 Å². The minimum Gasteiger partial charge on any atom is -0.254 e. The Labute approximate surface area is 284 Å². The fraction of sp³-hybridized carbons (Fsp3) is 0.0652. The first kappa shape index (κ1) is 27.9. The SMILES string of the molecule is CC1(C)c2ccccc2-c2nc3ccccc3c(-c3ccc(-c4ccc(-c5cnc6c(ccc7cccnc76)c5)c5ccccc45)cc3)c21. The van der Waals surface area contributed by atoms with Crippen LogP contribution in [0.5, 0.6) is 0 Å². The Bertz CT molecular complexity index is 2790. The van der Waals surface area contributed by atoms with Crippen LogP contribution < -0.4 is 0 Å². The first-order valence-electron chi connectivity index (χ1n) is 16.9. The first-order valence-corrected chi connectivity index (χ1v) is 16.9. The average Bonchev–Trinajstić information content (AvgIpc) is 3.39. The van der Waals surface area contributed by atoms with Gasteiger partial charge >= 0.3 is 0 Å². The summed E-state index contributed by atoms with van der Waals surface area (Å²) >= 11 is 0. The van der Waals surface area contributed by atoms with Gasteiger partial charge in [0.15, 0.2) is 0 Å².